The normalized spacial score (nSPS) is 16.0. The van der Waals surface area contributed by atoms with E-state index in [1.54, 1.807) is 42.7 Å². The van der Waals surface area contributed by atoms with E-state index in [1.165, 1.54) is 6.26 Å². The molecule has 0 spiro atoms. The second-order valence-electron chi connectivity index (χ2n) is 5.87. The van der Waals surface area contributed by atoms with Crippen molar-refractivity contribution in [2.24, 2.45) is 0 Å². The van der Waals surface area contributed by atoms with E-state index in [9.17, 15) is 4.79 Å². The van der Waals surface area contributed by atoms with Crippen molar-refractivity contribution in [3.8, 4) is 11.5 Å². The standard InChI is InChI=1S/C20H18N2O4S/c1-24-16-8-7-13(11-18(16)25-2)14-12-15(19-6-4-10-27-19)22(21-14)20(23)17-5-3-9-26-17/h3-12,15,21H,1-2H3/t15-/m1/s1. The molecule has 0 bridgehead atoms. The zero-order valence-corrected chi connectivity index (χ0v) is 15.7. The number of nitrogens with zero attached hydrogens (tertiary/aromatic N) is 1. The first-order valence-electron chi connectivity index (χ1n) is 8.32. The molecule has 6 nitrogen and oxygen atoms in total. The summed E-state index contributed by atoms with van der Waals surface area (Å²) >= 11 is 1.60. The molecule has 0 fully saturated rings. The maximum absolute atomic E-state index is 12.9. The van der Waals surface area contributed by atoms with Crippen LogP contribution < -0.4 is 14.9 Å². The maximum Gasteiger partial charge on any atom is 0.308 e. The van der Waals surface area contributed by atoms with E-state index in [4.69, 9.17) is 13.9 Å². The lowest BCUT2D eigenvalue weighted by molar-refractivity contribution is 0.0642. The van der Waals surface area contributed by atoms with E-state index in [0.29, 0.717) is 11.5 Å². The molecule has 1 atom stereocenters. The van der Waals surface area contributed by atoms with Crippen LogP contribution >= 0.6 is 11.3 Å². The second-order valence-corrected chi connectivity index (χ2v) is 6.85. The molecule has 3 aromatic rings. The second kappa shape index (κ2) is 7.20. The number of methoxy groups -OCH3 is 2. The molecule has 0 radical (unpaired) electrons. The lowest BCUT2D eigenvalue weighted by atomic mass is 10.1. The van der Waals surface area contributed by atoms with Crippen molar-refractivity contribution in [1.82, 2.24) is 10.4 Å². The first kappa shape index (κ1) is 17.2. The van der Waals surface area contributed by atoms with Gasteiger partial charge >= 0.3 is 5.91 Å². The van der Waals surface area contributed by atoms with Gasteiger partial charge in [0.2, 0.25) is 0 Å². The molecular weight excluding hydrogens is 364 g/mol. The molecule has 1 N–H and O–H groups in total. The Balaban J connectivity index is 1.70. The van der Waals surface area contributed by atoms with Gasteiger partial charge in [0.15, 0.2) is 17.3 Å². The van der Waals surface area contributed by atoms with Gasteiger partial charge in [0, 0.05) is 10.4 Å². The molecule has 0 saturated carbocycles. The zero-order chi connectivity index (χ0) is 18.8. The number of benzene rings is 1. The van der Waals surface area contributed by atoms with E-state index in [2.05, 4.69) is 5.43 Å². The Morgan fingerprint density at radius 2 is 2.00 bits per heavy atom. The molecule has 1 aromatic carbocycles. The molecule has 0 aliphatic carbocycles. The summed E-state index contributed by atoms with van der Waals surface area (Å²) in [5.41, 5.74) is 4.92. The molecule has 138 valence electrons. The number of amides is 1. The average molecular weight is 382 g/mol. The van der Waals surface area contributed by atoms with Gasteiger partial charge in [-0.05, 0) is 47.9 Å². The third kappa shape index (κ3) is 3.17. The maximum atomic E-state index is 12.9. The Hall–Kier alpha value is -3.19. The van der Waals surface area contributed by atoms with Crippen molar-refractivity contribution < 1.29 is 18.7 Å². The van der Waals surface area contributed by atoms with E-state index in [0.717, 1.165) is 16.1 Å². The van der Waals surface area contributed by atoms with Crippen LogP contribution in [-0.2, 0) is 0 Å². The van der Waals surface area contributed by atoms with Gasteiger partial charge in [-0.3, -0.25) is 10.2 Å². The fourth-order valence-corrected chi connectivity index (χ4v) is 3.78. The van der Waals surface area contributed by atoms with Crippen molar-refractivity contribution >= 4 is 22.9 Å². The minimum atomic E-state index is -0.231. The SMILES string of the molecule is COc1ccc(C2=C[C@H](c3cccs3)N(C(=O)c3ccco3)N2)cc1OC. The van der Waals surface area contributed by atoms with Crippen LogP contribution in [0.2, 0.25) is 0 Å². The molecule has 1 aliphatic heterocycles. The summed E-state index contributed by atoms with van der Waals surface area (Å²) in [7, 11) is 3.19. The lowest BCUT2D eigenvalue weighted by Crippen LogP contribution is -2.39. The molecule has 1 aliphatic rings. The molecule has 2 aromatic heterocycles. The van der Waals surface area contributed by atoms with Crippen LogP contribution in [0.1, 0.15) is 27.0 Å². The fraction of sp³-hybridized carbons (Fsp3) is 0.150. The van der Waals surface area contributed by atoms with Crippen LogP contribution in [0.4, 0.5) is 0 Å². The lowest BCUT2D eigenvalue weighted by Gasteiger charge is -2.23. The van der Waals surface area contributed by atoms with Gasteiger partial charge in [0.1, 0.15) is 6.04 Å². The minimum Gasteiger partial charge on any atom is -0.493 e. The topological polar surface area (TPSA) is 63.9 Å². The van der Waals surface area contributed by atoms with E-state index >= 15 is 0 Å². The molecule has 1 amide bonds. The highest BCUT2D eigenvalue weighted by molar-refractivity contribution is 7.10. The van der Waals surface area contributed by atoms with Gasteiger partial charge in [0.25, 0.3) is 0 Å². The largest absolute Gasteiger partial charge is 0.493 e. The zero-order valence-electron chi connectivity index (χ0n) is 14.8. The van der Waals surface area contributed by atoms with Crippen LogP contribution in [-0.4, -0.2) is 25.1 Å². The third-order valence-electron chi connectivity index (χ3n) is 4.32. The Labute approximate surface area is 160 Å². The van der Waals surface area contributed by atoms with Crippen LogP contribution in [0, 0.1) is 0 Å². The number of ether oxygens (including phenoxy) is 2. The Bertz CT molecular complexity index is 964. The van der Waals surface area contributed by atoms with Gasteiger partial charge < -0.3 is 13.9 Å². The molecular formula is C20H18N2O4S. The summed E-state index contributed by atoms with van der Waals surface area (Å²) in [5, 5.41) is 3.57. The molecule has 0 unspecified atom stereocenters. The number of furan rings is 1. The van der Waals surface area contributed by atoms with Crippen LogP contribution in [0.25, 0.3) is 5.70 Å². The van der Waals surface area contributed by atoms with Crippen molar-refractivity contribution in [2.75, 3.05) is 14.2 Å². The van der Waals surface area contributed by atoms with E-state index in [1.807, 2.05) is 41.8 Å². The Morgan fingerprint density at radius 1 is 1.15 bits per heavy atom. The highest BCUT2D eigenvalue weighted by Gasteiger charge is 2.33. The van der Waals surface area contributed by atoms with Crippen molar-refractivity contribution in [1.29, 1.82) is 0 Å². The van der Waals surface area contributed by atoms with Crippen molar-refractivity contribution in [3.63, 3.8) is 0 Å². The Morgan fingerprint density at radius 3 is 2.67 bits per heavy atom. The van der Waals surface area contributed by atoms with Crippen LogP contribution in [0.15, 0.2) is 64.6 Å². The first-order valence-corrected chi connectivity index (χ1v) is 9.20. The quantitative estimate of drug-likeness (QED) is 0.720. The van der Waals surface area contributed by atoms with Gasteiger partial charge in [-0.2, -0.15) is 0 Å². The molecule has 27 heavy (non-hydrogen) atoms. The number of nitrogens with one attached hydrogen (secondary N) is 1. The summed E-state index contributed by atoms with van der Waals surface area (Å²) < 4.78 is 16.0. The van der Waals surface area contributed by atoms with Crippen molar-refractivity contribution in [2.45, 2.75) is 6.04 Å². The number of thiophene rings is 1. The fourth-order valence-electron chi connectivity index (χ4n) is 3.00. The third-order valence-corrected chi connectivity index (χ3v) is 5.27. The minimum absolute atomic E-state index is 0.231. The van der Waals surface area contributed by atoms with E-state index in [-0.39, 0.29) is 17.7 Å². The predicted octanol–water partition coefficient (Wildman–Crippen LogP) is 4.10. The van der Waals surface area contributed by atoms with Gasteiger partial charge in [-0.15, -0.1) is 11.3 Å². The summed E-state index contributed by atoms with van der Waals surface area (Å²) in [4.78, 5) is 14.0. The van der Waals surface area contributed by atoms with Gasteiger partial charge in [-0.1, -0.05) is 6.07 Å². The number of carbonyl (C=O) groups excluding carboxylic acids is 1. The van der Waals surface area contributed by atoms with E-state index < -0.39 is 0 Å². The van der Waals surface area contributed by atoms with Gasteiger partial charge in [0.05, 0.1) is 26.2 Å². The number of hydrogen-bond donors (Lipinski definition) is 1. The summed E-state index contributed by atoms with van der Waals surface area (Å²) in [6.07, 6.45) is 3.51. The molecule has 7 heteroatoms. The number of rotatable bonds is 5. The van der Waals surface area contributed by atoms with Gasteiger partial charge in [-0.25, -0.2) is 5.01 Å². The first-order chi connectivity index (χ1) is 13.2. The summed E-state index contributed by atoms with van der Waals surface area (Å²) in [6.45, 7) is 0. The monoisotopic (exact) mass is 382 g/mol. The number of hydrogen-bond acceptors (Lipinski definition) is 6. The predicted molar refractivity (Wildman–Crippen MR) is 103 cm³/mol. The molecule has 0 saturated heterocycles. The summed E-state index contributed by atoms with van der Waals surface area (Å²) in [5.74, 6) is 1.33. The highest BCUT2D eigenvalue weighted by atomic mass is 32.1. The summed E-state index contributed by atoms with van der Waals surface area (Å²) in [6, 6.07) is 12.7. The smallest absolute Gasteiger partial charge is 0.308 e. The van der Waals surface area contributed by atoms with Crippen molar-refractivity contribution in [3.05, 3.63) is 76.4 Å². The average Bonchev–Trinajstić information content (AvgIpc) is 3.47. The van der Waals surface area contributed by atoms with Crippen LogP contribution in [0.3, 0.4) is 0 Å². The Kier molecular flexibility index (Phi) is 4.60. The highest BCUT2D eigenvalue weighted by Crippen LogP contribution is 2.37. The molecule has 3 heterocycles. The molecule has 4 rings (SSSR count). The number of carbonyl (C=O) groups is 1. The van der Waals surface area contributed by atoms with Crippen LogP contribution in [0.5, 0.6) is 11.5 Å². The number of hydrazine groups is 1.